The van der Waals surface area contributed by atoms with Gasteiger partial charge in [0.15, 0.2) is 0 Å². The smallest absolute Gasteiger partial charge is 0.316 e. The molecule has 0 saturated heterocycles. The second kappa shape index (κ2) is 6.86. The number of carbonyl (C=O) groups excluding carboxylic acids is 1. The summed E-state index contributed by atoms with van der Waals surface area (Å²) >= 11 is 1.62. The fraction of sp³-hybridized carbons (Fsp3) is 0.133. The molecule has 0 heterocycles. The largest absolute Gasteiger partial charge is 0.496 e. The lowest BCUT2D eigenvalue weighted by Gasteiger charge is -2.11. The Bertz CT molecular complexity index is 602. The van der Waals surface area contributed by atoms with Crippen molar-refractivity contribution in [3.05, 3.63) is 54.1 Å². The quantitative estimate of drug-likeness (QED) is 0.828. The topological polar surface area (TPSA) is 64.3 Å². The third-order valence-corrected chi connectivity index (χ3v) is 3.84. The summed E-state index contributed by atoms with van der Waals surface area (Å²) in [4.78, 5) is 11.9. The van der Waals surface area contributed by atoms with Gasteiger partial charge in [0.25, 0.3) is 0 Å². The zero-order valence-corrected chi connectivity index (χ0v) is 11.9. The number of anilines is 1. The van der Waals surface area contributed by atoms with Crippen LogP contribution in [0.5, 0.6) is 5.75 Å². The van der Waals surface area contributed by atoms with Crippen LogP contribution >= 0.6 is 11.8 Å². The van der Waals surface area contributed by atoms with Crippen molar-refractivity contribution >= 4 is 23.5 Å². The van der Waals surface area contributed by atoms with Crippen LogP contribution in [0.25, 0.3) is 0 Å². The number of amides is 2. The first-order valence-corrected chi connectivity index (χ1v) is 7.09. The minimum atomic E-state index is -0.560. The van der Waals surface area contributed by atoms with Gasteiger partial charge in [0.1, 0.15) is 5.75 Å². The number of rotatable bonds is 5. The van der Waals surface area contributed by atoms with E-state index in [-0.39, 0.29) is 0 Å². The molecule has 2 aromatic rings. The Kier molecular flexibility index (Phi) is 4.90. The standard InChI is InChI=1S/C15H16N2O2S/c1-19-13-8-4-2-6-11(13)10-20-14-9-5-3-7-12(14)17-15(16)18/h2-9H,10H2,1H3,(H3,16,17,18). The lowest BCUT2D eigenvalue weighted by Crippen LogP contribution is -2.19. The normalized spacial score (nSPS) is 10.1. The molecule has 3 N–H and O–H groups in total. The maximum atomic E-state index is 11.0. The second-order valence-corrected chi connectivity index (χ2v) is 5.10. The number of para-hydroxylation sites is 2. The van der Waals surface area contributed by atoms with Crippen LogP contribution in [-0.4, -0.2) is 13.1 Å². The maximum Gasteiger partial charge on any atom is 0.316 e. The lowest BCUT2D eigenvalue weighted by atomic mass is 10.2. The van der Waals surface area contributed by atoms with Crippen molar-refractivity contribution in [1.82, 2.24) is 0 Å². The average molecular weight is 288 g/mol. The minimum Gasteiger partial charge on any atom is -0.496 e. The Balaban J connectivity index is 2.12. The Morgan fingerprint density at radius 3 is 2.65 bits per heavy atom. The van der Waals surface area contributed by atoms with Crippen LogP contribution in [0, 0.1) is 0 Å². The Labute approximate surface area is 122 Å². The van der Waals surface area contributed by atoms with E-state index < -0.39 is 6.03 Å². The lowest BCUT2D eigenvalue weighted by molar-refractivity contribution is 0.259. The van der Waals surface area contributed by atoms with Gasteiger partial charge in [-0.2, -0.15) is 0 Å². The number of benzene rings is 2. The summed E-state index contributed by atoms with van der Waals surface area (Å²) in [6.07, 6.45) is 0. The number of ether oxygens (including phenoxy) is 1. The predicted molar refractivity (Wildman–Crippen MR) is 82.2 cm³/mol. The molecule has 4 nitrogen and oxygen atoms in total. The summed E-state index contributed by atoms with van der Waals surface area (Å²) in [5.74, 6) is 1.61. The number of nitrogens with one attached hydrogen (secondary N) is 1. The van der Waals surface area contributed by atoms with E-state index in [1.807, 2.05) is 48.5 Å². The molecular weight excluding hydrogens is 272 g/mol. The molecule has 0 unspecified atom stereocenters. The SMILES string of the molecule is COc1ccccc1CSc1ccccc1NC(N)=O. The number of nitrogens with two attached hydrogens (primary N) is 1. The minimum absolute atomic E-state index is 0.560. The maximum absolute atomic E-state index is 11.0. The van der Waals surface area contributed by atoms with Crippen LogP contribution in [0.4, 0.5) is 10.5 Å². The van der Waals surface area contributed by atoms with Crippen LogP contribution in [0.3, 0.4) is 0 Å². The van der Waals surface area contributed by atoms with E-state index in [1.54, 1.807) is 18.9 Å². The van der Waals surface area contributed by atoms with Crippen molar-refractivity contribution < 1.29 is 9.53 Å². The predicted octanol–water partition coefficient (Wildman–Crippen LogP) is 3.48. The molecule has 0 saturated carbocycles. The molecule has 0 radical (unpaired) electrons. The fourth-order valence-corrected chi connectivity index (χ4v) is 2.81. The molecule has 0 bridgehead atoms. The van der Waals surface area contributed by atoms with Crippen molar-refractivity contribution in [3.8, 4) is 5.75 Å². The van der Waals surface area contributed by atoms with Gasteiger partial charge in [-0.3, -0.25) is 0 Å². The van der Waals surface area contributed by atoms with Gasteiger partial charge < -0.3 is 15.8 Å². The molecule has 0 atom stereocenters. The van der Waals surface area contributed by atoms with Gasteiger partial charge in [0, 0.05) is 16.2 Å². The van der Waals surface area contributed by atoms with Crippen LogP contribution in [0.2, 0.25) is 0 Å². The third-order valence-electron chi connectivity index (χ3n) is 2.72. The van der Waals surface area contributed by atoms with Gasteiger partial charge in [-0.1, -0.05) is 30.3 Å². The molecule has 0 aromatic heterocycles. The van der Waals surface area contributed by atoms with Crippen molar-refractivity contribution in [2.24, 2.45) is 5.73 Å². The van der Waals surface area contributed by atoms with E-state index in [0.29, 0.717) is 0 Å². The number of primary amides is 1. The van der Waals surface area contributed by atoms with Gasteiger partial charge in [-0.15, -0.1) is 11.8 Å². The number of methoxy groups -OCH3 is 1. The summed E-state index contributed by atoms with van der Waals surface area (Å²) < 4.78 is 5.33. The molecule has 2 amide bonds. The molecule has 2 aromatic carbocycles. The number of hydrogen-bond donors (Lipinski definition) is 2. The third kappa shape index (κ3) is 3.68. The zero-order chi connectivity index (χ0) is 14.4. The molecule has 0 spiro atoms. The van der Waals surface area contributed by atoms with Crippen molar-refractivity contribution in [1.29, 1.82) is 0 Å². The Morgan fingerprint density at radius 2 is 1.90 bits per heavy atom. The van der Waals surface area contributed by atoms with Crippen LogP contribution in [-0.2, 0) is 5.75 Å². The number of hydrogen-bond acceptors (Lipinski definition) is 3. The molecule has 104 valence electrons. The van der Waals surface area contributed by atoms with Gasteiger partial charge in [-0.25, -0.2) is 4.79 Å². The second-order valence-electron chi connectivity index (χ2n) is 4.09. The van der Waals surface area contributed by atoms with E-state index in [1.165, 1.54) is 0 Å². The van der Waals surface area contributed by atoms with Gasteiger partial charge in [0.2, 0.25) is 0 Å². The van der Waals surface area contributed by atoms with E-state index in [0.717, 1.165) is 27.6 Å². The Hall–Kier alpha value is -2.14. The molecule has 2 rings (SSSR count). The highest BCUT2D eigenvalue weighted by Crippen LogP contribution is 2.32. The molecule has 0 aliphatic rings. The highest BCUT2D eigenvalue weighted by molar-refractivity contribution is 7.98. The van der Waals surface area contributed by atoms with Gasteiger partial charge in [0.05, 0.1) is 12.8 Å². The van der Waals surface area contributed by atoms with Crippen LogP contribution < -0.4 is 15.8 Å². The monoisotopic (exact) mass is 288 g/mol. The average Bonchev–Trinajstić information content (AvgIpc) is 2.46. The summed E-state index contributed by atoms with van der Waals surface area (Å²) in [6, 6.07) is 14.9. The molecule has 0 aliphatic heterocycles. The highest BCUT2D eigenvalue weighted by Gasteiger charge is 2.07. The number of carbonyl (C=O) groups is 1. The summed E-state index contributed by atoms with van der Waals surface area (Å²) in [5, 5.41) is 2.63. The first-order valence-electron chi connectivity index (χ1n) is 6.11. The van der Waals surface area contributed by atoms with Gasteiger partial charge in [-0.05, 0) is 18.2 Å². The van der Waals surface area contributed by atoms with E-state index >= 15 is 0 Å². The Morgan fingerprint density at radius 1 is 1.20 bits per heavy atom. The fourth-order valence-electron chi connectivity index (χ4n) is 1.81. The summed E-state index contributed by atoms with van der Waals surface area (Å²) in [5.41, 5.74) is 6.99. The summed E-state index contributed by atoms with van der Waals surface area (Å²) in [6.45, 7) is 0. The van der Waals surface area contributed by atoms with E-state index in [2.05, 4.69) is 5.32 Å². The first-order chi connectivity index (χ1) is 9.70. The molecular formula is C15H16N2O2S. The molecule has 5 heteroatoms. The van der Waals surface area contributed by atoms with Crippen LogP contribution in [0.1, 0.15) is 5.56 Å². The highest BCUT2D eigenvalue weighted by atomic mass is 32.2. The number of thioether (sulfide) groups is 1. The zero-order valence-electron chi connectivity index (χ0n) is 11.1. The van der Waals surface area contributed by atoms with E-state index in [4.69, 9.17) is 10.5 Å². The molecule has 0 fully saturated rings. The summed E-state index contributed by atoms with van der Waals surface area (Å²) in [7, 11) is 1.66. The number of urea groups is 1. The molecule has 20 heavy (non-hydrogen) atoms. The van der Waals surface area contributed by atoms with Gasteiger partial charge >= 0.3 is 6.03 Å². The van der Waals surface area contributed by atoms with Crippen molar-refractivity contribution in [2.45, 2.75) is 10.6 Å². The van der Waals surface area contributed by atoms with Crippen LogP contribution in [0.15, 0.2) is 53.4 Å². The van der Waals surface area contributed by atoms with E-state index in [9.17, 15) is 4.79 Å². The molecule has 0 aliphatic carbocycles. The van der Waals surface area contributed by atoms with Crippen molar-refractivity contribution in [3.63, 3.8) is 0 Å². The first kappa shape index (κ1) is 14.3. The van der Waals surface area contributed by atoms with Crippen molar-refractivity contribution in [2.75, 3.05) is 12.4 Å².